The zero-order chi connectivity index (χ0) is 16.1. The molecule has 0 aromatic heterocycles. The molecule has 5 heteroatoms. The van der Waals surface area contributed by atoms with Crippen LogP contribution in [0.5, 0.6) is 0 Å². The van der Waals surface area contributed by atoms with Gasteiger partial charge in [0, 0.05) is 31.9 Å². The summed E-state index contributed by atoms with van der Waals surface area (Å²) in [6.07, 6.45) is 0. The van der Waals surface area contributed by atoms with Crippen LogP contribution in [0.2, 0.25) is 0 Å². The molecule has 1 aliphatic heterocycles. The number of urea groups is 1. The number of nitrogens with one attached hydrogen (secondary N) is 1. The Morgan fingerprint density at radius 1 is 1.23 bits per heavy atom. The summed E-state index contributed by atoms with van der Waals surface area (Å²) >= 11 is 0. The standard InChI is InChI=1S/C17H27N3O2/c1-13(2)19(4)17(21)18-14(3)15-7-5-6-8-16(15)20-9-11-22-12-10-20/h5-8,13-14H,9-12H2,1-4H3,(H,18,21). The third-order valence-electron chi connectivity index (χ3n) is 4.19. The zero-order valence-corrected chi connectivity index (χ0v) is 14.0. The molecule has 22 heavy (non-hydrogen) atoms. The van der Waals surface area contributed by atoms with Crippen LogP contribution in [0.4, 0.5) is 10.5 Å². The van der Waals surface area contributed by atoms with Crippen molar-refractivity contribution < 1.29 is 9.53 Å². The van der Waals surface area contributed by atoms with Crippen LogP contribution in [0.1, 0.15) is 32.4 Å². The summed E-state index contributed by atoms with van der Waals surface area (Å²) in [7, 11) is 1.82. The number of ether oxygens (including phenoxy) is 1. The molecule has 1 aromatic rings. The topological polar surface area (TPSA) is 44.8 Å². The molecule has 0 bridgehead atoms. The second-order valence-corrected chi connectivity index (χ2v) is 6.03. The van der Waals surface area contributed by atoms with E-state index in [1.54, 1.807) is 4.90 Å². The Morgan fingerprint density at radius 3 is 2.50 bits per heavy atom. The van der Waals surface area contributed by atoms with Gasteiger partial charge in [0.05, 0.1) is 19.3 Å². The lowest BCUT2D eigenvalue weighted by Gasteiger charge is -2.32. The van der Waals surface area contributed by atoms with Crippen LogP contribution in [-0.4, -0.2) is 50.3 Å². The van der Waals surface area contributed by atoms with Gasteiger partial charge in [-0.25, -0.2) is 4.79 Å². The number of anilines is 1. The summed E-state index contributed by atoms with van der Waals surface area (Å²) < 4.78 is 5.43. The van der Waals surface area contributed by atoms with Crippen molar-refractivity contribution in [1.82, 2.24) is 10.2 Å². The van der Waals surface area contributed by atoms with E-state index in [2.05, 4.69) is 22.3 Å². The number of nitrogens with zero attached hydrogens (tertiary/aromatic N) is 2. The second-order valence-electron chi connectivity index (χ2n) is 6.03. The largest absolute Gasteiger partial charge is 0.378 e. The van der Waals surface area contributed by atoms with Crippen molar-refractivity contribution in [3.8, 4) is 0 Å². The Morgan fingerprint density at radius 2 is 1.86 bits per heavy atom. The molecule has 0 radical (unpaired) electrons. The van der Waals surface area contributed by atoms with E-state index in [4.69, 9.17) is 4.74 Å². The highest BCUT2D eigenvalue weighted by atomic mass is 16.5. The van der Waals surface area contributed by atoms with E-state index < -0.39 is 0 Å². The Balaban J connectivity index is 2.12. The van der Waals surface area contributed by atoms with Crippen LogP contribution in [0.25, 0.3) is 0 Å². The van der Waals surface area contributed by atoms with Gasteiger partial charge in [-0.2, -0.15) is 0 Å². The minimum Gasteiger partial charge on any atom is -0.378 e. The highest BCUT2D eigenvalue weighted by Gasteiger charge is 2.20. The molecule has 2 rings (SSSR count). The van der Waals surface area contributed by atoms with Gasteiger partial charge in [0.2, 0.25) is 0 Å². The molecule has 0 saturated carbocycles. The van der Waals surface area contributed by atoms with Crippen molar-refractivity contribution in [2.45, 2.75) is 32.9 Å². The summed E-state index contributed by atoms with van der Waals surface area (Å²) in [5, 5.41) is 3.09. The lowest BCUT2D eigenvalue weighted by atomic mass is 10.0. The van der Waals surface area contributed by atoms with Crippen molar-refractivity contribution in [3.63, 3.8) is 0 Å². The van der Waals surface area contributed by atoms with E-state index in [-0.39, 0.29) is 18.1 Å². The van der Waals surface area contributed by atoms with E-state index in [0.717, 1.165) is 31.9 Å². The summed E-state index contributed by atoms with van der Waals surface area (Å²) in [6.45, 7) is 9.34. The van der Waals surface area contributed by atoms with Gasteiger partial charge >= 0.3 is 6.03 Å². The lowest BCUT2D eigenvalue weighted by Crippen LogP contribution is -2.42. The average Bonchev–Trinajstić information content (AvgIpc) is 2.54. The number of carbonyl (C=O) groups is 1. The predicted octanol–water partition coefficient (Wildman–Crippen LogP) is 2.63. The van der Waals surface area contributed by atoms with Crippen LogP contribution in [0, 0.1) is 0 Å². The predicted molar refractivity (Wildman–Crippen MR) is 89.3 cm³/mol. The highest BCUT2D eigenvalue weighted by molar-refractivity contribution is 5.75. The normalized spacial score (nSPS) is 16.5. The Bertz CT molecular complexity index is 498. The Labute approximate surface area is 133 Å². The number of rotatable bonds is 4. The third kappa shape index (κ3) is 3.91. The van der Waals surface area contributed by atoms with Gasteiger partial charge < -0.3 is 19.9 Å². The van der Waals surface area contributed by atoms with E-state index in [1.807, 2.05) is 40.0 Å². The summed E-state index contributed by atoms with van der Waals surface area (Å²) in [6, 6.07) is 8.38. The number of amides is 2. The van der Waals surface area contributed by atoms with Gasteiger partial charge in [-0.15, -0.1) is 0 Å². The molecule has 1 heterocycles. The number of hydrogen-bond acceptors (Lipinski definition) is 3. The molecule has 1 fully saturated rings. The maximum atomic E-state index is 12.2. The monoisotopic (exact) mass is 305 g/mol. The van der Waals surface area contributed by atoms with Crippen molar-refractivity contribution in [2.75, 3.05) is 38.3 Å². The highest BCUT2D eigenvalue weighted by Crippen LogP contribution is 2.27. The van der Waals surface area contributed by atoms with Crippen molar-refractivity contribution in [3.05, 3.63) is 29.8 Å². The third-order valence-corrected chi connectivity index (χ3v) is 4.19. The number of para-hydroxylation sites is 1. The first-order valence-corrected chi connectivity index (χ1v) is 7.95. The van der Waals surface area contributed by atoms with E-state index >= 15 is 0 Å². The fraction of sp³-hybridized carbons (Fsp3) is 0.588. The average molecular weight is 305 g/mol. The maximum Gasteiger partial charge on any atom is 0.317 e. The molecule has 0 aliphatic carbocycles. The quantitative estimate of drug-likeness (QED) is 0.930. The molecule has 1 N–H and O–H groups in total. The minimum absolute atomic E-state index is 0.0345. The Hall–Kier alpha value is -1.75. The minimum atomic E-state index is -0.0423. The number of morpholine rings is 1. The van der Waals surface area contributed by atoms with Gasteiger partial charge in [0.1, 0.15) is 0 Å². The van der Waals surface area contributed by atoms with Crippen molar-refractivity contribution in [1.29, 1.82) is 0 Å². The first-order chi connectivity index (χ1) is 10.5. The lowest BCUT2D eigenvalue weighted by molar-refractivity contribution is 0.122. The van der Waals surface area contributed by atoms with Crippen LogP contribution < -0.4 is 10.2 Å². The fourth-order valence-electron chi connectivity index (χ4n) is 2.55. The number of hydrogen-bond donors (Lipinski definition) is 1. The van der Waals surface area contributed by atoms with Crippen LogP contribution in [-0.2, 0) is 4.74 Å². The SMILES string of the molecule is CC(NC(=O)N(C)C(C)C)c1ccccc1N1CCOCC1. The van der Waals surface area contributed by atoms with Crippen molar-refractivity contribution >= 4 is 11.7 Å². The van der Waals surface area contributed by atoms with Gasteiger partial charge in [0.15, 0.2) is 0 Å². The van der Waals surface area contributed by atoms with Crippen LogP contribution in [0.3, 0.4) is 0 Å². The Kier molecular flexibility index (Phi) is 5.66. The molecule has 1 aromatic carbocycles. The molecule has 5 nitrogen and oxygen atoms in total. The number of carbonyl (C=O) groups excluding carboxylic acids is 1. The summed E-state index contributed by atoms with van der Waals surface area (Å²) in [4.78, 5) is 16.3. The van der Waals surface area contributed by atoms with Gasteiger partial charge in [0.25, 0.3) is 0 Å². The molecule has 122 valence electrons. The van der Waals surface area contributed by atoms with E-state index in [9.17, 15) is 4.79 Å². The van der Waals surface area contributed by atoms with Gasteiger partial charge in [-0.05, 0) is 32.4 Å². The molecule has 2 amide bonds. The summed E-state index contributed by atoms with van der Waals surface area (Å²) in [5.41, 5.74) is 2.33. The van der Waals surface area contributed by atoms with Crippen molar-refractivity contribution in [2.24, 2.45) is 0 Å². The first-order valence-electron chi connectivity index (χ1n) is 7.95. The number of benzene rings is 1. The van der Waals surface area contributed by atoms with Crippen LogP contribution >= 0.6 is 0 Å². The molecule has 1 saturated heterocycles. The second kappa shape index (κ2) is 7.49. The smallest absolute Gasteiger partial charge is 0.317 e. The molecule has 0 spiro atoms. The van der Waals surface area contributed by atoms with Gasteiger partial charge in [-0.1, -0.05) is 18.2 Å². The molecule has 1 aliphatic rings. The molecule has 1 unspecified atom stereocenters. The van der Waals surface area contributed by atoms with Crippen LogP contribution in [0.15, 0.2) is 24.3 Å². The molecular weight excluding hydrogens is 278 g/mol. The van der Waals surface area contributed by atoms with Gasteiger partial charge in [-0.3, -0.25) is 0 Å². The van der Waals surface area contributed by atoms with E-state index in [0.29, 0.717) is 0 Å². The molecular formula is C17H27N3O2. The summed E-state index contributed by atoms with van der Waals surface area (Å²) in [5.74, 6) is 0. The van der Waals surface area contributed by atoms with E-state index in [1.165, 1.54) is 5.69 Å². The fourth-order valence-corrected chi connectivity index (χ4v) is 2.55. The first kappa shape index (κ1) is 16.6. The maximum absolute atomic E-state index is 12.2. The zero-order valence-electron chi connectivity index (χ0n) is 14.0. The molecule has 1 atom stereocenters.